The predicted octanol–water partition coefficient (Wildman–Crippen LogP) is 5.90. The molecule has 1 aliphatic rings. The van der Waals surface area contributed by atoms with Gasteiger partial charge in [-0.05, 0) is 59.0 Å². The first kappa shape index (κ1) is 24.1. The molecule has 3 aromatic rings. The fraction of sp³-hybridized carbons (Fsp3) is 0.214. The molecule has 35 heavy (non-hydrogen) atoms. The minimum absolute atomic E-state index is 0.135. The number of aliphatic hydroxyl groups excluding tert-OH is 1. The molecule has 0 aromatic heterocycles. The van der Waals surface area contributed by atoms with E-state index in [1.807, 2.05) is 26.8 Å². The zero-order valence-corrected chi connectivity index (χ0v) is 19.8. The highest BCUT2D eigenvalue weighted by Crippen LogP contribution is 2.44. The molecule has 1 N–H and O–H groups in total. The largest absolute Gasteiger partial charge is 0.507 e. The number of benzene rings is 3. The first-order valence-electron chi connectivity index (χ1n) is 11.0. The second kappa shape index (κ2) is 8.98. The second-order valence-electron chi connectivity index (χ2n) is 9.37. The molecule has 7 heteroatoms. The summed E-state index contributed by atoms with van der Waals surface area (Å²) in [6.45, 7) is 6.00. The minimum atomic E-state index is -1.11. The van der Waals surface area contributed by atoms with Crippen molar-refractivity contribution in [2.24, 2.45) is 0 Å². The van der Waals surface area contributed by atoms with Crippen LogP contribution in [0.5, 0.6) is 5.75 Å². The highest BCUT2D eigenvalue weighted by molar-refractivity contribution is 6.51. The van der Waals surface area contributed by atoms with Gasteiger partial charge in [0.25, 0.3) is 11.7 Å². The van der Waals surface area contributed by atoms with Gasteiger partial charge in [0, 0.05) is 5.69 Å². The van der Waals surface area contributed by atoms with Gasteiger partial charge in [-0.25, -0.2) is 8.78 Å². The number of anilines is 1. The normalized spacial score (nSPS) is 17.7. The minimum Gasteiger partial charge on any atom is -0.507 e. The number of aliphatic hydroxyl groups is 1. The van der Waals surface area contributed by atoms with E-state index in [2.05, 4.69) is 0 Å². The number of carbonyl (C=O) groups is 2. The first-order valence-corrected chi connectivity index (χ1v) is 11.0. The Labute approximate surface area is 202 Å². The van der Waals surface area contributed by atoms with Crippen molar-refractivity contribution >= 4 is 23.1 Å². The van der Waals surface area contributed by atoms with Crippen LogP contribution in [0.25, 0.3) is 5.76 Å². The molecule has 0 aliphatic carbocycles. The third-order valence-corrected chi connectivity index (χ3v) is 6.04. The number of hydrogen-bond donors (Lipinski definition) is 1. The highest BCUT2D eigenvalue weighted by Gasteiger charge is 2.47. The lowest BCUT2D eigenvalue weighted by molar-refractivity contribution is -0.132. The highest BCUT2D eigenvalue weighted by atomic mass is 19.1. The Balaban J connectivity index is 2.00. The van der Waals surface area contributed by atoms with E-state index in [1.165, 1.54) is 49.6 Å². The first-order chi connectivity index (χ1) is 16.5. The van der Waals surface area contributed by atoms with E-state index >= 15 is 0 Å². The van der Waals surface area contributed by atoms with Gasteiger partial charge in [0.15, 0.2) is 0 Å². The third-order valence-electron chi connectivity index (χ3n) is 6.04. The van der Waals surface area contributed by atoms with Crippen LogP contribution in [-0.4, -0.2) is 23.9 Å². The lowest BCUT2D eigenvalue weighted by atomic mass is 9.85. The van der Waals surface area contributed by atoms with E-state index in [0.29, 0.717) is 11.3 Å². The monoisotopic (exact) mass is 477 g/mol. The Morgan fingerprint density at radius 1 is 0.943 bits per heavy atom. The molecular weight excluding hydrogens is 452 g/mol. The number of hydrogen-bond acceptors (Lipinski definition) is 4. The van der Waals surface area contributed by atoms with Gasteiger partial charge in [-0.3, -0.25) is 14.5 Å². The fourth-order valence-electron chi connectivity index (χ4n) is 4.19. The number of halogens is 2. The maximum Gasteiger partial charge on any atom is 0.300 e. The molecular formula is C28H25F2NO4. The second-order valence-corrected chi connectivity index (χ2v) is 9.37. The van der Waals surface area contributed by atoms with Crippen LogP contribution < -0.4 is 9.64 Å². The van der Waals surface area contributed by atoms with Crippen molar-refractivity contribution in [1.29, 1.82) is 0 Å². The maximum absolute atomic E-state index is 14.1. The quantitative estimate of drug-likeness (QED) is 0.289. The number of Topliss-reactive ketones (excluding diaryl/α,β-unsaturated/α-hetero) is 1. The topological polar surface area (TPSA) is 66.8 Å². The summed E-state index contributed by atoms with van der Waals surface area (Å²) in [5.41, 5.74) is 1.15. The van der Waals surface area contributed by atoms with Crippen LogP contribution >= 0.6 is 0 Å². The Morgan fingerprint density at radius 2 is 1.63 bits per heavy atom. The Kier molecular flexibility index (Phi) is 6.19. The van der Waals surface area contributed by atoms with Crippen LogP contribution in [-0.2, 0) is 15.0 Å². The van der Waals surface area contributed by atoms with Crippen LogP contribution in [0, 0.1) is 11.6 Å². The number of ketones is 1. The van der Waals surface area contributed by atoms with Crippen molar-refractivity contribution in [1.82, 2.24) is 0 Å². The van der Waals surface area contributed by atoms with E-state index in [0.717, 1.165) is 16.5 Å². The fourth-order valence-corrected chi connectivity index (χ4v) is 4.19. The van der Waals surface area contributed by atoms with E-state index < -0.39 is 35.1 Å². The van der Waals surface area contributed by atoms with E-state index in [1.54, 1.807) is 12.1 Å². The Bertz CT molecular complexity index is 1340. The van der Waals surface area contributed by atoms with Crippen molar-refractivity contribution in [2.75, 3.05) is 12.0 Å². The van der Waals surface area contributed by atoms with Gasteiger partial charge >= 0.3 is 0 Å². The summed E-state index contributed by atoms with van der Waals surface area (Å²) in [5.74, 6) is -3.09. The molecule has 0 saturated carbocycles. The number of carbonyl (C=O) groups excluding carboxylic acids is 2. The molecule has 4 rings (SSSR count). The summed E-state index contributed by atoms with van der Waals surface area (Å²) in [7, 11) is 1.44. The van der Waals surface area contributed by atoms with E-state index in [-0.39, 0.29) is 22.2 Å². The molecule has 3 aromatic carbocycles. The summed E-state index contributed by atoms with van der Waals surface area (Å²) in [6.07, 6.45) is 0. The molecule has 1 aliphatic heterocycles. The van der Waals surface area contributed by atoms with Crippen molar-refractivity contribution in [3.05, 3.63) is 101 Å². The van der Waals surface area contributed by atoms with Gasteiger partial charge in [0.1, 0.15) is 23.1 Å². The van der Waals surface area contributed by atoms with Crippen molar-refractivity contribution in [3.8, 4) is 5.75 Å². The van der Waals surface area contributed by atoms with Gasteiger partial charge < -0.3 is 9.84 Å². The van der Waals surface area contributed by atoms with Crippen LogP contribution in [0.4, 0.5) is 14.5 Å². The van der Waals surface area contributed by atoms with E-state index in [9.17, 15) is 23.5 Å². The molecule has 1 unspecified atom stereocenters. The van der Waals surface area contributed by atoms with Crippen molar-refractivity contribution < 1.29 is 28.2 Å². The average molecular weight is 478 g/mol. The summed E-state index contributed by atoms with van der Waals surface area (Å²) in [5, 5.41) is 11.5. The van der Waals surface area contributed by atoms with Crippen molar-refractivity contribution in [3.63, 3.8) is 0 Å². The van der Waals surface area contributed by atoms with Crippen LogP contribution in [0.1, 0.15) is 43.5 Å². The molecule has 5 nitrogen and oxygen atoms in total. The Morgan fingerprint density at radius 3 is 2.23 bits per heavy atom. The maximum atomic E-state index is 14.1. The zero-order valence-electron chi connectivity index (χ0n) is 19.8. The van der Waals surface area contributed by atoms with Crippen LogP contribution in [0.2, 0.25) is 0 Å². The SMILES string of the molecule is COc1ccc(C(C)(C)C)cc1/C(O)=C1\C(=O)C(=O)N(c2cccc(F)c2)C1c1ccc(F)cc1. The predicted molar refractivity (Wildman–Crippen MR) is 129 cm³/mol. The van der Waals surface area contributed by atoms with Crippen LogP contribution in [0.3, 0.4) is 0 Å². The number of rotatable bonds is 4. The summed E-state index contributed by atoms with van der Waals surface area (Å²) in [4.78, 5) is 27.6. The van der Waals surface area contributed by atoms with E-state index in [4.69, 9.17) is 4.74 Å². The smallest absolute Gasteiger partial charge is 0.300 e. The molecule has 1 fully saturated rings. The summed E-state index contributed by atoms with van der Waals surface area (Å²) >= 11 is 0. The average Bonchev–Trinajstić information content (AvgIpc) is 3.08. The molecule has 0 spiro atoms. The lowest BCUT2D eigenvalue weighted by Gasteiger charge is -2.26. The van der Waals surface area contributed by atoms with Gasteiger partial charge in [-0.15, -0.1) is 0 Å². The lowest BCUT2D eigenvalue weighted by Crippen LogP contribution is -2.29. The van der Waals surface area contributed by atoms with Gasteiger partial charge in [0.05, 0.1) is 24.3 Å². The van der Waals surface area contributed by atoms with Gasteiger partial charge in [-0.1, -0.05) is 45.0 Å². The molecule has 1 atom stereocenters. The molecule has 0 bridgehead atoms. The summed E-state index contributed by atoms with van der Waals surface area (Å²) < 4.78 is 33.2. The number of methoxy groups -OCH3 is 1. The van der Waals surface area contributed by atoms with Gasteiger partial charge in [-0.2, -0.15) is 0 Å². The number of amides is 1. The molecule has 180 valence electrons. The molecule has 1 heterocycles. The third kappa shape index (κ3) is 4.41. The summed E-state index contributed by atoms with van der Waals surface area (Å²) in [6, 6.07) is 14.6. The number of nitrogens with zero attached hydrogens (tertiary/aromatic N) is 1. The standard InChI is InChI=1S/C28H25F2NO4/c1-28(2,3)17-10-13-22(35-4)21(14-17)25(32)23-24(16-8-11-18(29)12-9-16)31(27(34)26(23)33)20-7-5-6-19(30)15-20/h5-15,24,32H,1-4H3/b25-23+. The molecule has 1 saturated heterocycles. The molecule has 0 radical (unpaired) electrons. The number of ether oxygens (including phenoxy) is 1. The van der Waals surface area contributed by atoms with Crippen molar-refractivity contribution in [2.45, 2.75) is 32.2 Å². The zero-order chi connectivity index (χ0) is 25.5. The van der Waals surface area contributed by atoms with Crippen LogP contribution in [0.15, 0.2) is 72.3 Å². The Hall–Kier alpha value is -4.00. The molecule has 1 amide bonds. The van der Waals surface area contributed by atoms with Gasteiger partial charge in [0.2, 0.25) is 0 Å².